The van der Waals surface area contributed by atoms with Crippen LogP contribution in [0.1, 0.15) is 35.4 Å². The van der Waals surface area contributed by atoms with Gasteiger partial charge in [-0.2, -0.15) is 13.5 Å². The fourth-order valence-electron chi connectivity index (χ4n) is 2.92. The molecule has 1 aromatic carbocycles. The number of aromatic nitrogens is 3. The number of nitrogens with one attached hydrogen (secondary N) is 2. The zero-order valence-corrected chi connectivity index (χ0v) is 18.8. The van der Waals surface area contributed by atoms with Gasteiger partial charge >= 0.3 is 0 Å². The van der Waals surface area contributed by atoms with Gasteiger partial charge in [0.2, 0.25) is 0 Å². The zero-order valence-electron chi connectivity index (χ0n) is 17.0. The summed E-state index contributed by atoms with van der Waals surface area (Å²) < 4.78 is 1.70. The van der Waals surface area contributed by atoms with Crippen molar-refractivity contribution in [2.24, 2.45) is 0 Å². The van der Waals surface area contributed by atoms with Crippen molar-refractivity contribution in [3.8, 4) is 5.69 Å². The molecule has 0 aliphatic carbocycles. The van der Waals surface area contributed by atoms with Crippen LogP contribution in [0, 0.1) is 0 Å². The molecule has 0 aliphatic rings. The fraction of sp³-hybridized carbons (Fsp3) is 0.286. The number of anilines is 1. The first-order valence-corrected chi connectivity index (χ1v) is 9.96. The van der Waals surface area contributed by atoms with Gasteiger partial charge < -0.3 is 25.4 Å². The van der Waals surface area contributed by atoms with E-state index < -0.39 is 11.9 Å². The van der Waals surface area contributed by atoms with Crippen LogP contribution >= 0.6 is 25.1 Å². The Morgan fingerprint density at radius 3 is 2.68 bits per heavy atom. The van der Waals surface area contributed by atoms with Crippen molar-refractivity contribution in [2.75, 3.05) is 18.5 Å². The van der Waals surface area contributed by atoms with E-state index in [1.54, 1.807) is 47.3 Å². The highest BCUT2D eigenvalue weighted by Gasteiger charge is 2.17. The summed E-state index contributed by atoms with van der Waals surface area (Å²) in [5.41, 5.74) is 1.68. The Hall–Kier alpha value is -2.59. The number of benzene rings is 1. The number of pyridine rings is 1. The molecule has 0 fully saturated rings. The molecule has 8 nitrogen and oxygen atoms in total. The predicted octanol–water partition coefficient (Wildman–Crippen LogP) is 2.68. The van der Waals surface area contributed by atoms with Crippen molar-refractivity contribution >= 4 is 36.8 Å². The molecule has 0 spiro atoms. The maximum Gasteiger partial charge on any atom is 0.272 e. The Balaban J connectivity index is 0.00000341. The largest absolute Gasteiger partial charge is 0.394 e. The summed E-state index contributed by atoms with van der Waals surface area (Å²) >= 11 is 6.00. The first-order chi connectivity index (χ1) is 14.5. The van der Waals surface area contributed by atoms with Crippen LogP contribution in [-0.4, -0.2) is 49.9 Å². The molecule has 1 unspecified atom stereocenters. The third kappa shape index (κ3) is 6.44. The van der Waals surface area contributed by atoms with Crippen molar-refractivity contribution < 1.29 is 15.0 Å². The van der Waals surface area contributed by atoms with E-state index in [9.17, 15) is 15.0 Å². The lowest BCUT2D eigenvalue weighted by Crippen LogP contribution is -2.31. The number of hydrogen-bond donors (Lipinski definition) is 4. The number of rotatable bonds is 9. The van der Waals surface area contributed by atoms with E-state index in [0.717, 1.165) is 12.1 Å². The Morgan fingerprint density at radius 2 is 2.00 bits per heavy atom. The molecule has 0 bridgehead atoms. The Labute approximate surface area is 192 Å². The highest BCUT2D eigenvalue weighted by atomic mass is 35.5. The third-order valence-electron chi connectivity index (χ3n) is 4.66. The number of halogens is 1. The van der Waals surface area contributed by atoms with Gasteiger partial charge in [0.15, 0.2) is 0 Å². The maximum atomic E-state index is 12.6. The molecule has 2 aromatic heterocycles. The molecule has 0 saturated carbocycles. The lowest BCUT2D eigenvalue weighted by Gasteiger charge is -2.16. The molecule has 3 aromatic rings. The average molecular weight is 464 g/mol. The van der Waals surface area contributed by atoms with Crippen LogP contribution in [0.25, 0.3) is 5.69 Å². The van der Waals surface area contributed by atoms with Gasteiger partial charge in [-0.25, -0.2) is 9.97 Å². The standard InChI is InChI=1S/C21H24ClN5O3.H2S/c1-2-16(11-28)25-20-9-17(6-7-23-20)27-10-18(24-13-27)21(30)26-19(12-29)14-4-3-5-15(22)8-14;/h3-10,13,16,19,28-29H,2,11-12H2,1H3,(H,23,25)(H,26,30);1H2/t16-,19?;/m0./s1. The second-order valence-corrected chi connectivity index (χ2v) is 7.20. The fourth-order valence-corrected chi connectivity index (χ4v) is 3.11. The van der Waals surface area contributed by atoms with Gasteiger partial charge in [0.25, 0.3) is 5.91 Å². The predicted molar refractivity (Wildman–Crippen MR) is 125 cm³/mol. The minimum absolute atomic E-state index is 0. The van der Waals surface area contributed by atoms with Gasteiger partial charge in [-0.1, -0.05) is 30.7 Å². The molecule has 10 heteroatoms. The molecule has 1 amide bonds. The zero-order chi connectivity index (χ0) is 21.5. The quantitative estimate of drug-likeness (QED) is 0.388. The summed E-state index contributed by atoms with van der Waals surface area (Å²) in [6.07, 6.45) is 5.54. The molecule has 166 valence electrons. The lowest BCUT2D eigenvalue weighted by molar-refractivity contribution is 0.0911. The van der Waals surface area contributed by atoms with Crippen molar-refractivity contribution in [3.05, 3.63) is 71.4 Å². The highest BCUT2D eigenvalue weighted by Crippen LogP contribution is 2.18. The molecule has 4 N–H and O–H groups in total. The van der Waals surface area contributed by atoms with Crippen LogP contribution in [0.2, 0.25) is 5.02 Å². The Kier molecular flexibility index (Phi) is 9.32. The smallest absolute Gasteiger partial charge is 0.272 e. The molecular formula is C21H26ClN5O3S. The molecular weight excluding hydrogens is 438 g/mol. The van der Waals surface area contributed by atoms with Crippen LogP contribution < -0.4 is 10.6 Å². The summed E-state index contributed by atoms with van der Waals surface area (Å²) in [6, 6.07) is 9.89. The van der Waals surface area contributed by atoms with Crippen molar-refractivity contribution in [3.63, 3.8) is 0 Å². The minimum atomic E-state index is -0.595. The number of aliphatic hydroxyl groups excluding tert-OH is 2. The van der Waals surface area contributed by atoms with Crippen molar-refractivity contribution in [2.45, 2.75) is 25.4 Å². The van der Waals surface area contributed by atoms with Crippen molar-refractivity contribution in [1.29, 1.82) is 0 Å². The molecule has 0 saturated heterocycles. The molecule has 31 heavy (non-hydrogen) atoms. The molecule has 3 rings (SSSR count). The minimum Gasteiger partial charge on any atom is -0.394 e. The summed E-state index contributed by atoms with van der Waals surface area (Å²) in [5.74, 6) is 0.209. The molecule has 2 atom stereocenters. The van der Waals surface area contributed by atoms with Crippen LogP contribution in [0.4, 0.5) is 5.82 Å². The number of carbonyl (C=O) groups excluding carboxylic acids is 1. The van der Waals surface area contributed by atoms with E-state index in [-0.39, 0.29) is 38.4 Å². The van der Waals surface area contributed by atoms with Crippen LogP contribution in [-0.2, 0) is 0 Å². The van der Waals surface area contributed by atoms with Gasteiger partial charge in [-0.05, 0) is 30.2 Å². The average Bonchev–Trinajstić information content (AvgIpc) is 3.26. The normalized spacial score (nSPS) is 12.5. The van der Waals surface area contributed by atoms with Crippen LogP contribution in [0.3, 0.4) is 0 Å². The summed E-state index contributed by atoms with van der Waals surface area (Å²) in [6.45, 7) is 1.72. The highest BCUT2D eigenvalue weighted by molar-refractivity contribution is 7.59. The first kappa shape index (κ1) is 24.7. The second kappa shape index (κ2) is 11.7. The SMILES string of the molecule is CC[C@@H](CO)Nc1cc(-n2cnc(C(=O)NC(CO)c3cccc(Cl)c3)c2)ccn1.S. The lowest BCUT2D eigenvalue weighted by atomic mass is 10.1. The topological polar surface area (TPSA) is 112 Å². The van der Waals surface area contributed by atoms with E-state index in [0.29, 0.717) is 16.4 Å². The van der Waals surface area contributed by atoms with Gasteiger partial charge in [-0.3, -0.25) is 4.79 Å². The van der Waals surface area contributed by atoms with Gasteiger partial charge in [0, 0.05) is 23.5 Å². The summed E-state index contributed by atoms with van der Waals surface area (Å²) in [5, 5.41) is 25.5. The first-order valence-electron chi connectivity index (χ1n) is 9.59. The monoisotopic (exact) mass is 463 g/mol. The van der Waals surface area contributed by atoms with E-state index in [2.05, 4.69) is 20.6 Å². The molecule has 2 heterocycles. The second-order valence-electron chi connectivity index (χ2n) is 6.76. The van der Waals surface area contributed by atoms with Gasteiger partial charge in [-0.15, -0.1) is 0 Å². The number of amides is 1. The Morgan fingerprint density at radius 1 is 1.19 bits per heavy atom. The van der Waals surface area contributed by atoms with E-state index >= 15 is 0 Å². The molecule has 0 radical (unpaired) electrons. The van der Waals surface area contributed by atoms with Crippen LogP contribution in [0.5, 0.6) is 0 Å². The number of hydrogen-bond acceptors (Lipinski definition) is 6. The van der Waals surface area contributed by atoms with E-state index in [1.807, 2.05) is 13.0 Å². The van der Waals surface area contributed by atoms with Gasteiger partial charge in [0.1, 0.15) is 17.8 Å². The van der Waals surface area contributed by atoms with Crippen molar-refractivity contribution in [1.82, 2.24) is 19.9 Å². The van der Waals surface area contributed by atoms with E-state index in [1.165, 1.54) is 6.33 Å². The van der Waals surface area contributed by atoms with E-state index in [4.69, 9.17) is 11.6 Å². The Bertz CT molecular complexity index is 996. The number of carbonyl (C=O) groups is 1. The maximum absolute atomic E-state index is 12.6. The summed E-state index contributed by atoms with van der Waals surface area (Å²) in [7, 11) is 0. The van der Waals surface area contributed by atoms with Crippen LogP contribution in [0.15, 0.2) is 55.1 Å². The third-order valence-corrected chi connectivity index (χ3v) is 4.90. The summed E-state index contributed by atoms with van der Waals surface area (Å²) in [4.78, 5) is 21.1. The number of imidazole rings is 1. The number of nitrogens with zero attached hydrogens (tertiary/aromatic N) is 3. The number of aliphatic hydroxyl groups is 2. The molecule has 0 aliphatic heterocycles. The van der Waals surface area contributed by atoms with Gasteiger partial charge in [0.05, 0.1) is 31.0 Å².